The summed E-state index contributed by atoms with van der Waals surface area (Å²) in [5.74, 6) is 0. The van der Waals surface area contributed by atoms with Crippen molar-refractivity contribution in [3.05, 3.63) is 0 Å². The van der Waals surface area contributed by atoms with Gasteiger partial charge < -0.3 is 4.74 Å². The van der Waals surface area contributed by atoms with Crippen molar-refractivity contribution >= 4 is 0 Å². The zero-order chi connectivity index (χ0) is 3.54. The second-order valence-electron chi connectivity index (χ2n) is 1.32. The molecule has 1 heterocycles. The van der Waals surface area contributed by atoms with Crippen LogP contribution in [0.3, 0.4) is 0 Å². The second kappa shape index (κ2) is 10.0. The SMILES string of the molecule is C.C.C.C1CCOC1. The van der Waals surface area contributed by atoms with Crippen LogP contribution in [0.4, 0.5) is 0 Å². The first kappa shape index (κ1) is 15.7. The minimum absolute atomic E-state index is 0. The van der Waals surface area contributed by atoms with Gasteiger partial charge in [-0.15, -0.1) is 0 Å². The molecule has 0 atom stereocenters. The van der Waals surface area contributed by atoms with E-state index in [0.29, 0.717) is 0 Å². The van der Waals surface area contributed by atoms with Gasteiger partial charge in [0.15, 0.2) is 0 Å². The Bertz CT molecular complexity index is 16.0. The lowest BCUT2D eigenvalue weighted by Gasteiger charge is -1.76. The Kier molecular flexibility index (Phi) is 19.7. The van der Waals surface area contributed by atoms with E-state index in [2.05, 4.69) is 0 Å². The molecule has 0 aromatic rings. The van der Waals surface area contributed by atoms with E-state index in [1.807, 2.05) is 0 Å². The smallest absolute Gasteiger partial charge is 0.0466 e. The average molecular weight is 120 g/mol. The van der Waals surface area contributed by atoms with Crippen LogP contribution in [-0.2, 0) is 4.74 Å². The van der Waals surface area contributed by atoms with Gasteiger partial charge in [-0.2, -0.15) is 0 Å². The molecule has 1 saturated heterocycles. The normalized spacial score (nSPS) is 15.0. The van der Waals surface area contributed by atoms with Crippen molar-refractivity contribution in [1.82, 2.24) is 0 Å². The van der Waals surface area contributed by atoms with E-state index in [0.717, 1.165) is 13.2 Å². The van der Waals surface area contributed by atoms with Crippen LogP contribution in [0.2, 0.25) is 0 Å². The number of rotatable bonds is 0. The van der Waals surface area contributed by atoms with Gasteiger partial charge in [-0.1, -0.05) is 22.3 Å². The molecule has 1 fully saturated rings. The summed E-state index contributed by atoms with van der Waals surface area (Å²) in [5.41, 5.74) is 0. The van der Waals surface area contributed by atoms with E-state index >= 15 is 0 Å². The van der Waals surface area contributed by atoms with Crippen molar-refractivity contribution in [2.24, 2.45) is 0 Å². The Hall–Kier alpha value is -0.0400. The molecule has 0 bridgehead atoms. The molecule has 0 aliphatic carbocycles. The van der Waals surface area contributed by atoms with Crippen molar-refractivity contribution in [3.8, 4) is 0 Å². The summed E-state index contributed by atoms with van der Waals surface area (Å²) in [6.45, 7) is 2.00. The quantitative estimate of drug-likeness (QED) is 0.477. The highest BCUT2D eigenvalue weighted by Crippen LogP contribution is 1.98. The van der Waals surface area contributed by atoms with E-state index in [-0.39, 0.29) is 22.3 Å². The number of ether oxygens (including phenoxy) is 1. The summed E-state index contributed by atoms with van der Waals surface area (Å²) in [6.07, 6.45) is 2.56. The Labute approximate surface area is 54.1 Å². The summed E-state index contributed by atoms with van der Waals surface area (Å²) in [4.78, 5) is 0. The minimum Gasteiger partial charge on any atom is -0.381 e. The average Bonchev–Trinajstić information content (AvgIpc) is 1.76. The van der Waals surface area contributed by atoms with Crippen LogP contribution in [0.25, 0.3) is 0 Å². The molecule has 1 rings (SSSR count). The molecule has 1 aliphatic rings. The molecular formula is C7H20O. The predicted octanol–water partition coefficient (Wildman–Crippen LogP) is 2.71. The van der Waals surface area contributed by atoms with E-state index in [1.165, 1.54) is 12.8 Å². The maximum Gasteiger partial charge on any atom is 0.0466 e. The number of hydrogen-bond acceptors (Lipinski definition) is 1. The fraction of sp³-hybridized carbons (Fsp3) is 1.00. The minimum atomic E-state index is 0. The van der Waals surface area contributed by atoms with Gasteiger partial charge in [-0.05, 0) is 12.8 Å². The predicted molar refractivity (Wildman–Crippen MR) is 40.2 cm³/mol. The van der Waals surface area contributed by atoms with Gasteiger partial charge in [0.1, 0.15) is 0 Å². The molecule has 1 aliphatic heterocycles. The maximum atomic E-state index is 4.94. The van der Waals surface area contributed by atoms with Crippen LogP contribution >= 0.6 is 0 Å². The first-order chi connectivity index (χ1) is 2.50. The van der Waals surface area contributed by atoms with Crippen LogP contribution in [0.5, 0.6) is 0 Å². The first-order valence-electron chi connectivity index (χ1n) is 2.08. The molecular weight excluding hydrogens is 100 g/mol. The number of hydrogen-bond donors (Lipinski definition) is 0. The molecule has 0 amide bonds. The lowest BCUT2D eigenvalue weighted by atomic mass is 10.4. The van der Waals surface area contributed by atoms with E-state index in [1.54, 1.807) is 0 Å². The van der Waals surface area contributed by atoms with Gasteiger partial charge in [0, 0.05) is 13.2 Å². The molecule has 54 valence electrons. The van der Waals surface area contributed by atoms with Crippen LogP contribution in [0.1, 0.15) is 35.1 Å². The molecule has 0 aromatic heterocycles. The van der Waals surface area contributed by atoms with Gasteiger partial charge in [0.2, 0.25) is 0 Å². The van der Waals surface area contributed by atoms with Crippen LogP contribution in [0.15, 0.2) is 0 Å². The van der Waals surface area contributed by atoms with Gasteiger partial charge in [0.25, 0.3) is 0 Å². The van der Waals surface area contributed by atoms with Gasteiger partial charge in [-0.25, -0.2) is 0 Å². The Morgan fingerprint density at radius 2 is 1.12 bits per heavy atom. The highest BCUT2D eigenvalue weighted by molar-refractivity contribution is 4.43. The molecule has 0 spiro atoms. The molecule has 1 nitrogen and oxygen atoms in total. The molecule has 0 unspecified atom stereocenters. The Morgan fingerprint density at radius 3 is 1.25 bits per heavy atom. The molecule has 0 aromatic carbocycles. The van der Waals surface area contributed by atoms with Gasteiger partial charge >= 0.3 is 0 Å². The van der Waals surface area contributed by atoms with Crippen LogP contribution in [0, 0.1) is 0 Å². The Morgan fingerprint density at radius 1 is 0.750 bits per heavy atom. The Balaban J connectivity index is -0.0000000833. The molecule has 0 radical (unpaired) electrons. The molecule has 0 saturated carbocycles. The summed E-state index contributed by atoms with van der Waals surface area (Å²) in [7, 11) is 0. The molecule has 8 heavy (non-hydrogen) atoms. The van der Waals surface area contributed by atoms with E-state index < -0.39 is 0 Å². The standard InChI is InChI=1S/C4H8O.3CH4/c1-2-4-5-3-1;;;/h1-4H2;3*1H4. The first-order valence-corrected chi connectivity index (χ1v) is 2.08. The third-order valence-corrected chi connectivity index (χ3v) is 0.827. The highest BCUT2D eigenvalue weighted by Gasteiger charge is 1.94. The topological polar surface area (TPSA) is 9.23 Å². The largest absolute Gasteiger partial charge is 0.381 e. The van der Waals surface area contributed by atoms with Crippen molar-refractivity contribution in [3.63, 3.8) is 0 Å². The van der Waals surface area contributed by atoms with Crippen molar-refractivity contribution in [2.75, 3.05) is 13.2 Å². The maximum absolute atomic E-state index is 4.94. The van der Waals surface area contributed by atoms with Crippen LogP contribution in [-0.4, -0.2) is 13.2 Å². The van der Waals surface area contributed by atoms with E-state index in [9.17, 15) is 0 Å². The lowest BCUT2D eigenvalue weighted by Crippen LogP contribution is -1.74. The van der Waals surface area contributed by atoms with E-state index in [4.69, 9.17) is 4.74 Å². The molecule has 1 heteroatoms. The second-order valence-corrected chi connectivity index (χ2v) is 1.32. The zero-order valence-corrected chi connectivity index (χ0v) is 3.24. The fourth-order valence-electron chi connectivity index (χ4n) is 0.510. The van der Waals surface area contributed by atoms with Gasteiger partial charge in [0.05, 0.1) is 0 Å². The van der Waals surface area contributed by atoms with Crippen molar-refractivity contribution in [2.45, 2.75) is 35.1 Å². The highest BCUT2D eigenvalue weighted by atomic mass is 16.5. The summed E-state index contributed by atoms with van der Waals surface area (Å²) >= 11 is 0. The monoisotopic (exact) mass is 120 g/mol. The molecule has 0 N–H and O–H groups in total. The zero-order valence-electron chi connectivity index (χ0n) is 3.24. The van der Waals surface area contributed by atoms with Crippen molar-refractivity contribution in [1.29, 1.82) is 0 Å². The van der Waals surface area contributed by atoms with Gasteiger partial charge in [-0.3, -0.25) is 0 Å². The summed E-state index contributed by atoms with van der Waals surface area (Å²) in [6, 6.07) is 0. The van der Waals surface area contributed by atoms with Crippen LogP contribution < -0.4 is 0 Å². The third-order valence-electron chi connectivity index (χ3n) is 0.827. The van der Waals surface area contributed by atoms with Crippen molar-refractivity contribution < 1.29 is 4.74 Å². The summed E-state index contributed by atoms with van der Waals surface area (Å²) < 4.78 is 4.94. The fourth-order valence-corrected chi connectivity index (χ4v) is 0.510. The summed E-state index contributed by atoms with van der Waals surface area (Å²) in [5, 5.41) is 0. The third kappa shape index (κ3) is 5.96. The lowest BCUT2D eigenvalue weighted by molar-refractivity contribution is 0.198.